The molecule has 0 aliphatic rings. The summed E-state index contributed by atoms with van der Waals surface area (Å²) in [7, 11) is 0. The third-order valence-electron chi connectivity index (χ3n) is 2.25. The molecule has 0 saturated carbocycles. The molecule has 1 rings (SSSR count). The van der Waals surface area contributed by atoms with E-state index in [0.29, 0.717) is 12.0 Å². The van der Waals surface area contributed by atoms with Gasteiger partial charge in [-0.1, -0.05) is 39.8 Å². The Bertz CT molecular complexity index is 381. The SMILES string of the molecule is CC.CC/C=C(\CC)c1cccnc1C(F)(F)F. The lowest BCUT2D eigenvalue weighted by Gasteiger charge is -2.13. The number of rotatable bonds is 3. The van der Waals surface area contributed by atoms with Crippen LogP contribution in [0.4, 0.5) is 13.2 Å². The molecule has 1 heterocycles. The van der Waals surface area contributed by atoms with Crippen molar-refractivity contribution in [1.82, 2.24) is 4.98 Å². The van der Waals surface area contributed by atoms with E-state index in [9.17, 15) is 13.2 Å². The smallest absolute Gasteiger partial charge is 0.251 e. The Hall–Kier alpha value is -1.32. The fourth-order valence-corrected chi connectivity index (χ4v) is 1.58. The Balaban J connectivity index is 0.00000137. The highest BCUT2D eigenvalue weighted by Crippen LogP contribution is 2.34. The number of pyridine rings is 1. The number of nitrogens with zero attached hydrogens (tertiary/aromatic N) is 1. The van der Waals surface area contributed by atoms with Crippen molar-refractivity contribution in [3.8, 4) is 0 Å². The molecule has 0 aromatic carbocycles. The van der Waals surface area contributed by atoms with Gasteiger partial charge in [0.25, 0.3) is 0 Å². The van der Waals surface area contributed by atoms with Gasteiger partial charge >= 0.3 is 6.18 Å². The van der Waals surface area contributed by atoms with Gasteiger partial charge in [0.05, 0.1) is 0 Å². The second-order valence-corrected chi connectivity index (χ2v) is 3.39. The molecule has 0 saturated heterocycles. The molecular formula is C14H20F3N. The van der Waals surface area contributed by atoms with E-state index in [2.05, 4.69) is 4.98 Å². The zero-order valence-electron chi connectivity index (χ0n) is 11.3. The number of alkyl halides is 3. The van der Waals surface area contributed by atoms with E-state index in [1.165, 1.54) is 18.3 Å². The van der Waals surface area contributed by atoms with Crippen LogP contribution in [-0.4, -0.2) is 4.98 Å². The zero-order valence-corrected chi connectivity index (χ0v) is 11.3. The van der Waals surface area contributed by atoms with Crippen LogP contribution in [0.5, 0.6) is 0 Å². The van der Waals surface area contributed by atoms with Crippen LogP contribution in [0.2, 0.25) is 0 Å². The van der Waals surface area contributed by atoms with Crippen molar-refractivity contribution >= 4 is 5.57 Å². The first-order valence-corrected chi connectivity index (χ1v) is 6.22. The number of halogens is 3. The number of hydrogen-bond acceptors (Lipinski definition) is 1. The topological polar surface area (TPSA) is 12.9 Å². The van der Waals surface area contributed by atoms with Crippen molar-refractivity contribution in [3.05, 3.63) is 35.7 Å². The molecule has 1 aromatic rings. The molecule has 18 heavy (non-hydrogen) atoms. The van der Waals surface area contributed by atoms with Crippen LogP contribution in [0.1, 0.15) is 51.8 Å². The standard InChI is InChI=1S/C12H14F3N.C2H6/c1-3-6-9(4-2)10-7-5-8-16-11(10)12(13,14)15;1-2/h5-8H,3-4H2,1-2H3;1-2H3/b9-6+;. The van der Waals surface area contributed by atoms with Crippen LogP contribution in [-0.2, 0) is 6.18 Å². The molecule has 1 aromatic heterocycles. The minimum absolute atomic E-state index is 0.194. The fraction of sp³-hybridized carbons (Fsp3) is 0.500. The van der Waals surface area contributed by atoms with Crippen LogP contribution in [0.15, 0.2) is 24.4 Å². The van der Waals surface area contributed by atoms with Crippen LogP contribution < -0.4 is 0 Å². The maximum absolute atomic E-state index is 12.7. The summed E-state index contributed by atoms with van der Waals surface area (Å²) in [6, 6.07) is 3.00. The van der Waals surface area contributed by atoms with Crippen molar-refractivity contribution in [2.24, 2.45) is 0 Å². The van der Waals surface area contributed by atoms with Crippen LogP contribution in [0.3, 0.4) is 0 Å². The Morgan fingerprint density at radius 1 is 1.28 bits per heavy atom. The van der Waals surface area contributed by atoms with Gasteiger partial charge < -0.3 is 0 Å². The summed E-state index contributed by atoms with van der Waals surface area (Å²) in [6.45, 7) is 7.74. The molecule has 0 atom stereocenters. The normalized spacial score (nSPS) is 11.8. The fourth-order valence-electron chi connectivity index (χ4n) is 1.58. The minimum Gasteiger partial charge on any atom is -0.251 e. The summed E-state index contributed by atoms with van der Waals surface area (Å²) in [6.07, 6.45) is -0.117. The molecule has 0 aliphatic carbocycles. The third kappa shape index (κ3) is 4.51. The van der Waals surface area contributed by atoms with Crippen molar-refractivity contribution in [1.29, 1.82) is 0 Å². The monoisotopic (exact) mass is 259 g/mol. The molecule has 0 radical (unpaired) electrons. The Morgan fingerprint density at radius 3 is 2.33 bits per heavy atom. The first-order valence-electron chi connectivity index (χ1n) is 6.22. The molecule has 0 spiro atoms. The predicted molar refractivity (Wildman–Crippen MR) is 69.1 cm³/mol. The van der Waals surface area contributed by atoms with Gasteiger partial charge in [-0.25, -0.2) is 0 Å². The quantitative estimate of drug-likeness (QED) is 0.715. The predicted octanol–water partition coefficient (Wildman–Crippen LogP) is 5.33. The lowest BCUT2D eigenvalue weighted by atomic mass is 10.0. The van der Waals surface area contributed by atoms with E-state index in [-0.39, 0.29) is 5.56 Å². The second-order valence-electron chi connectivity index (χ2n) is 3.39. The molecule has 0 bridgehead atoms. The van der Waals surface area contributed by atoms with E-state index in [1.807, 2.05) is 33.8 Å². The molecule has 1 nitrogen and oxygen atoms in total. The Kier molecular flexibility index (Phi) is 7.32. The lowest BCUT2D eigenvalue weighted by molar-refractivity contribution is -0.141. The maximum Gasteiger partial charge on any atom is 0.433 e. The number of aromatic nitrogens is 1. The number of allylic oxidation sites excluding steroid dienone is 2. The van der Waals surface area contributed by atoms with Crippen molar-refractivity contribution in [2.75, 3.05) is 0 Å². The van der Waals surface area contributed by atoms with Crippen molar-refractivity contribution < 1.29 is 13.2 Å². The van der Waals surface area contributed by atoms with E-state index < -0.39 is 11.9 Å². The van der Waals surface area contributed by atoms with E-state index in [4.69, 9.17) is 0 Å². The highest BCUT2D eigenvalue weighted by molar-refractivity contribution is 5.67. The summed E-state index contributed by atoms with van der Waals surface area (Å²) < 4.78 is 38.1. The minimum atomic E-state index is -4.39. The molecule has 102 valence electrons. The summed E-state index contributed by atoms with van der Waals surface area (Å²) in [5, 5.41) is 0. The molecule has 0 unspecified atom stereocenters. The lowest BCUT2D eigenvalue weighted by Crippen LogP contribution is -2.11. The van der Waals surface area contributed by atoms with Gasteiger partial charge in [0.15, 0.2) is 5.69 Å². The largest absolute Gasteiger partial charge is 0.433 e. The molecule has 4 heteroatoms. The van der Waals surface area contributed by atoms with Crippen LogP contribution >= 0.6 is 0 Å². The zero-order chi connectivity index (χ0) is 14.2. The molecular weight excluding hydrogens is 239 g/mol. The van der Waals surface area contributed by atoms with Gasteiger partial charge in [-0.05, 0) is 24.5 Å². The van der Waals surface area contributed by atoms with Gasteiger partial charge in [-0.2, -0.15) is 13.2 Å². The third-order valence-corrected chi connectivity index (χ3v) is 2.25. The molecule has 0 aliphatic heterocycles. The summed E-state index contributed by atoms with van der Waals surface area (Å²) in [5.74, 6) is 0. The van der Waals surface area contributed by atoms with Crippen LogP contribution in [0.25, 0.3) is 5.57 Å². The Morgan fingerprint density at radius 2 is 1.89 bits per heavy atom. The van der Waals surface area contributed by atoms with Gasteiger partial charge in [0.2, 0.25) is 0 Å². The first kappa shape index (κ1) is 16.7. The average molecular weight is 259 g/mol. The summed E-state index contributed by atoms with van der Waals surface area (Å²) in [4.78, 5) is 3.44. The van der Waals surface area contributed by atoms with Gasteiger partial charge in [0, 0.05) is 11.8 Å². The van der Waals surface area contributed by atoms with E-state index >= 15 is 0 Å². The van der Waals surface area contributed by atoms with Gasteiger partial charge in [0.1, 0.15) is 0 Å². The molecule has 0 fully saturated rings. The van der Waals surface area contributed by atoms with Crippen LogP contribution in [0, 0.1) is 0 Å². The van der Waals surface area contributed by atoms with Crippen molar-refractivity contribution in [2.45, 2.75) is 46.7 Å². The molecule has 0 N–H and O–H groups in total. The highest BCUT2D eigenvalue weighted by Gasteiger charge is 2.35. The summed E-state index contributed by atoms with van der Waals surface area (Å²) in [5.41, 5.74) is 0.0961. The van der Waals surface area contributed by atoms with Gasteiger partial charge in [-0.3, -0.25) is 4.98 Å². The Labute approximate surface area is 107 Å². The highest BCUT2D eigenvalue weighted by atomic mass is 19.4. The number of hydrogen-bond donors (Lipinski definition) is 0. The van der Waals surface area contributed by atoms with Crippen molar-refractivity contribution in [3.63, 3.8) is 0 Å². The summed E-state index contributed by atoms with van der Waals surface area (Å²) >= 11 is 0. The van der Waals surface area contributed by atoms with E-state index in [1.54, 1.807) is 0 Å². The average Bonchev–Trinajstić information content (AvgIpc) is 2.37. The van der Waals surface area contributed by atoms with E-state index in [0.717, 1.165) is 6.42 Å². The first-order chi connectivity index (χ1) is 8.50. The maximum atomic E-state index is 12.7. The van der Waals surface area contributed by atoms with Gasteiger partial charge in [-0.15, -0.1) is 0 Å². The molecule has 0 amide bonds. The second kappa shape index (κ2) is 7.90.